The van der Waals surface area contributed by atoms with Gasteiger partial charge in [0.2, 0.25) is 5.91 Å². The monoisotopic (exact) mass is 304 g/mol. The molecule has 0 aliphatic rings. The second-order valence-electron chi connectivity index (χ2n) is 5.93. The van der Waals surface area contributed by atoms with Crippen molar-refractivity contribution in [2.75, 3.05) is 13.7 Å². The first-order valence-electron chi connectivity index (χ1n) is 7.44. The highest BCUT2D eigenvalue weighted by Gasteiger charge is 2.22. The average molecular weight is 304 g/mol. The van der Waals surface area contributed by atoms with Gasteiger partial charge in [0.25, 0.3) is 0 Å². The normalized spacial score (nSPS) is 13.0. The van der Waals surface area contributed by atoms with Crippen molar-refractivity contribution in [2.24, 2.45) is 0 Å². The van der Waals surface area contributed by atoms with Gasteiger partial charge in [-0.25, -0.2) is 4.98 Å². The summed E-state index contributed by atoms with van der Waals surface area (Å²) >= 11 is 0. The fraction of sp³-hybridized carbons (Fsp3) is 0.500. The topological polar surface area (TPSA) is 71.9 Å². The fourth-order valence-electron chi connectivity index (χ4n) is 2.20. The minimum Gasteiger partial charge on any atom is -0.379 e. The highest BCUT2D eigenvalue weighted by molar-refractivity contribution is 5.80. The zero-order valence-corrected chi connectivity index (χ0v) is 13.4. The smallest absolute Gasteiger partial charge is 0.243 e. The number of imidazole rings is 1. The SMILES string of the molecule is COC(C)(C)CCNC(=O)[C@H](Cc1cnc[nH]1)n1cccc1. The molecule has 0 radical (unpaired) electrons. The van der Waals surface area contributed by atoms with Gasteiger partial charge in [-0.15, -0.1) is 0 Å². The second-order valence-corrected chi connectivity index (χ2v) is 5.93. The number of H-pyrrole nitrogens is 1. The van der Waals surface area contributed by atoms with Crippen LogP contribution in [-0.2, 0) is 16.0 Å². The maximum atomic E-state index is 12.5. The van der Waals surface area contributed by atoms with Crippen molar-refractivity contribution in [1.29, 1.82) is 0 Å². The van der Waals surface area contributed by atoms with Gasteiger partial charge in [0, 0.05) is 44.4 Å². The molecule has 22 heavy (non-hydrogen) atoms. The van der Waals surface area contributed by atoms with Gasteiger partial charge in [0.1, 0.15) is 6.04 Å². The number of hydrogen-bond donors (Lipinski definition) is 2. The molecule has 0 fully saturated rings. The predicted octanol–water partition coefficient (Wildman–Crippen LogP) is 1.93. The van der Waals surface area contributed by atoms with Crippen molar-refractivity contribution in [2.45, 2.75) is 38.3 Å². The van der Waals surface area contributed by atoms with E-state index in [0.717, 1.165) is 12.1 Å². The van der Waals surface area contributed by atoms with Crippen LogP contribution in [0.15, 0.2) is 37.1 Å². The van der Waals surface area contributed by atoms with Gasteiger partial charge in [0.05, 0.1) is 11.9 Å². The summed E-state index contributed by atoms with van der Waals surface area (Å²) in [5.74, 6) is -0.00213. The molecule has 0 spiro atoms. The summed E-state index contributed by atoms with van der Waals surface area (Å²) in [5, 5.41) is 3.00. The lowest BCUT2D eigenvalue weighted by atomic mass is 10.1. The predicted molar refractivity (Wildman–Crippen MR) is 84.5 cm³/mol. The molecule has 6 nitrogen and oxygen atoms in total. The van der Waals surface area contributed by atoms with Crippen LogP contribution < -0.4 is 5.32 Å². The van der Waals surface area contributed by atoms with Crippen LogP contribution in [-0.4, -0.2) is 39.7 Å². The number of ether oxygens (including phenoxy) is 1. The molecule has 2 N–H and O–H groups in total. The number of methoxy groups -OCH3 is 1. The van der Waals surface area contributed by atoms with Crippen LogP contribution in [0.3, 0.4) is 0 Å². The van der Waals surface area contributed by atoms with Crippen molar-refractivity contribution in [1.82, 2.24) is 19.9 Å². The summed E-state index contributed by atoms with van der Waals surface area (Å²) in [5.41, 5.74) is 0.700. The summed E-state index contributed by atoms with van der Waals surface area (Å²) in [6, 6.07) is 3.55. The van der Waals surface area contributed by atoms with Crippen molar-refractivity contribution in [3.8, 4) is 0 Å². The first kappa shape index (κ1) is 16.3. The molecule has 120 valence electrons. The number of amides is 1. The van der Waals surface area contributed by atoms with Crippen molar-refractivity contribution < 1.29 is 9.53 Å². The van der Waals surface area contributed by atoms with Crippen molar-refractivity contribution >= 4 is 5.91 Å². The summed E-state index contributed by atoms with van der Waals surface area (Å²) in [4.78, 5) is 19.6. The molecule has 0 aliphatic heterocycles. The first-order chi connectivity index (χ1) is 10.5. The van der Waals surface area contributed by atoms with Crippen molar-refractivity contribution in [3.63, 3.8) is 0 Å². The molecule has 2 aromatic rings. The Balaban J connectivity index is 1.98. The number of nitrogens with one attached hydrogen (secondary N) is 2. The lowest BCUT2D eigenvalue weighted by molar-refractivity contribution is -0.124. The van der Waals surface area contributed by atoms with Crippen LogP contribution in [0.5, 0.6) is 0 Å². The molecule has 0 aromatic carbocycles. The lowest BCUT2D eigenvalue weighted by Gasteiger charge is -2.24. The lowest BCUT2D eigenvalue weighted by Crippen LogP contribution is -2.37. The molecule has 2 heterocycles. The Hall–Kier alpha value is -2.08. The minimum atomic E-state index is -0.291. The molecule has 2 rings (SSSR count). The largest absolute Gasteiger partial charge is 0.379 e. The maximum Gasteiger partial charge on any atom is 0.243 e. The Labute approximate surface area is 130 Å². The summed E-state index contributed by atoms with van der Waals surface area (Å²) in [6.45, 7) is 4.60. The third-order valence-corrected chi connectivity index (χ3v) is 3.84. The molecule has 1 amide bonds. The maximum absolute atomic E-state index is 12.5. The number of carbonyl (C=O) groups is 1. The van der Waals surface area contributed by atoms with Crippen LogP contribution in [0.1, 0.15) is 32.0 Å². The number of nitrogens with zero attached hydrogens (tertiary/aromatic N) is 2. The van der Waals surface area contributed by atoms with Gasteiger partial charge in [-0.05, 0) is 32.4 Å². The van der Waals surface area contributed by atoms with E-state index in [2.05, 4.69) is 15.3 Å². The second kappa shape index (κ2) is 7.26. The van der Waals surface area contributed by atoms with E-state index < -0.39 is 0 Å². The van der Waals surface area contributed by atoms with Gasteiger partial charge in [-0.3, -0.25) is 4.79 Å². The molecule has 1 atom stereocenters. The molecule has 0 saturated heterocycles. The summed E-state index contributed by atoms with van der Waals surface area (Å²) < 4.78 is 7.28. The van der Waals surface area contributed by atoms with Crippen LogP contribution in [0.2, 0.25) is 0 Å². The average Bonchev–Trinajstić information content (AvgIpc) is 3.17. The van der Waals surface area contributed by atoms with Crippen LogP contribution in [0.4, 0.5) is 0 Å². The summed E-state index contributed by atoms with van der Waals surface area (Å²) in [6.07, 6.45) is 8.52. The van der Waals surface area contributed by atoms with Gasteiger partial charge in [-0.1, -0.05) is 0 Å². The molecular weight excluding hydrogens is 280 g/mol. The number of carbonyl (C=O) groups excluding carboxylic acids is 1. The van der Waals surface area contributed by atoms with Gasteiger partial charge >= 0.3 is 0 Å². The molecule has 0 aliphatic carbocycles. The van der Waals surface area contributed by atoms with E-state index >= 15 is 0 Å². The molecule has 2 aromatic heterocycles. The Morgan fingerprint density at radius 1 is 1.45 bits per heavy atom. The highest BCUT2D eigenvalue weighted by atomic mass is 16.5. The van der Waals surface area contributed by atoms with Gasteiger partial charge < -0.3 is 19.6 Å². The minimum absolute atomic E-state index is 0.00213. The van der Waals surface area contributed by atoms with E-state index in [1.165, 1.54) is 0 Å². The van der Waals surface area contributed by atoms with E-state index in [9.17, 15) is 4.79 Å². The first-order valence-corrected chi connectivity index (χ1v) is 7.44. The number of aromatic amines is 1. The zero-order chi connectivity index (χ0) is 16.0. The fourth-order valence-corrected chi connectivity index (χ4v) is 2.20. The number of hydrogen-bond acceptors (Lipinski definition) is 3. The van der Waals surface area contributed by atoms with E-state index in [-0.39, 0.29) is 17.6 Å². The highest BCUT2D eigenvalue weighted by Crippen LogP contribution is 2.15. The quantitative estimate of drug-likeness (QED) is 0.782. The Morgan fingerprint density at radius 2 is 2.18 bits per heavy atom. The van der Waals surface area contributed by atoms with Crippen LogP contribution >= 0.6 is 0 Å². The van der Waals surface area contributed by atoms with E-state index in [1.807, 2.05) is 42.9 Å². The Morgan fingerprint density at radius 3 is 2.77 bits per heavy atom. The van der Waals surface area contributed by atoms with Gasteiger partial charge in [-0.2, -0.15) is 0 Å². The van der Waals surface area contributed by atoms with Crippen LogP contribution in [0, 0.1) is 0 Å². The molecular formula is C16H24N4O2. The molecule has 0 bridgehead atoms. The molecule has 0 saturated carbocycles. The van der Waals surface area contributed by atoms with E-state index in [0.29, 0.717) is 13.0 Å². The number of rotatable bonds is 8. The molecule has 0 unspecified atom stereocenters. The Kier molecular flexibility index (Phi) is 5.38. The third kappa shape index (κ3) is 4.46. The van der Waals surface area contributed by atoms with E-state index in [4.69, 9.17) is 4.74 Å². The van der Waals surface area contributed by atoms with Crippen molar-refractivity contribution in [3.05, 3.63) is 42.7 Å². The zero-order valence-electron chi connectivity index (χ0n) is 13.4. The standard InChI is InChI=1S/C16H24N4O2/c1-16(2,22-3)6-7-18-15(21)14(20-8-4-5-9-20)10-13-11-17-12-19-13/h4-5,8-9,11-12,14H,6-7,10H2,1-3H3,(H,17,19)(H,18,21)/t14-/m0/s1. The molecule has 6 heteroatoms. The number of aromatic nitrogens is 3. The van der Waals surface area contributed by atoms with E-state index in [1.54, 1.807) is 19.6 Å². The summed E-state index contributed by atoms with van der Waals surface area (Å²) in [7, 11) is 1.68. The van der Waals surface area contributed by atoms with Gasteiger partial charge in [0.15, 0.2) is 0 Å². The Bertz CT molecular complexity index is 561. The van der Waals surface area contributed by atoms with Crippen LogP contribution in [0.25, 0.3) is 0 Å². The third-order valence-electron chi connectivity index (χ3n) is 3.84.